The summed E-state index contributed by atoms with van der Waals surface area (Å²) in [6.07, 6.45) is 5.13. The van der Waals surface area contributed by atoms with Crippen molar-refractivity contribution in [3.05, 3.63) is 0 Å². The van der Waals surface area contributed by atoms with Gasteiger partial charge in [0.05, 0.1) is 0 Å². The lowest BCUT2D eigenvalue weighted by molar-refractivity contribution is 0.115. The summed E-state index contributed by atoms with van der Waals surface area (Å²) < 4.78 is 0. The van der Waals surface area contributed by atoms with E-state index in [0.717, 1.165) is 45.3 Å². The number of hydrogen-bond donors (Lipinski definition) is 0. The second kappa shape index (κ2) is 4.24. The van der Waals surface area contributed by atoms with Crippen LogP contribution in [0, 0.1) is 0 Å². The predicted octanol–water partition coefficient (Wildman–Crippen LogP) is 0.982. The molecule has 0 spiro atoms. The van der Waals surface area contributed by atoms with Crippen LogP contribution in [0.15, 0.2) is 0 Å². The Bertz CT molecular complexity index is 263. The van der Waals surface area contributed by atoms with Gasteiger partial charge in [0.2, 0.25) is 0 Å². The molecule has 0 bridgehead atoms. The number of nitrogens with zero attached hydrogens (tertiary/aromatic N) is 3. The van der Waals surface area contributed by atoms with Gasteiger partial charge in [0.25, 0.3) is 0 Å². The van der Waals surface area contributed by atoms with Crippen LogP contribution in [0.25, 0.3) is 0 Å². The van der Waals surface area contributed by atoms with Crippen LogP contribution in [0.1, 0.15) is 25.7 Å². The molecule has 2 saturated heterocycles. The summed E-state index contributed by atoms with van der Waals surface area (Å²) in [7, 11) is 0. The van der Waals surface area contributed by atoms with Gasteiger partial charge in [-0.2, -0.15) is 0 Å². The van der Waals surface area contributed by atoms with Gasteiger partial charge in [-0.1, -0.05) is 0 Å². The fourth-order valence-corrected chi connectivity index (χ4v) is 2.83. The van der Waals surface area contributed by atoms with Crippen LogP contribution in [0.2, 0.25) is 0 Å². The lowest BCUT2D eigenvalue weighted by Crippen LogP contribution is -2.52. The summed E-state index contributed by atoms with van der Waals surface area (Å²) in [5, 5.41) is 0. The van der Waals surface area contributed by atoms with Crippen LogP contribution in [-0.4, -0.2) is 66.0 Å². The largest absolute Gasteiger partial charge is 0.325 e. The molecule has 1 aliphatic carbocycles. The van der Waals surface area contributed by atoms with E-state index in [1.54, 1.807) is 0 Å². The topological polar surface area (TPSA) is 26.8 Å². The minimum absolute atomic E-state index is 0.285. The molecule has 0 radical (unpaired) electrons. The highest BCUT2D eigenvalue weighted by molar-refractivity contribution is 5.74. The van der Waals surface area contributed by atoms with Crippen LogP contribution in [-0.2, 0) is 0 Å². The zero-order valence-corrected chi connectivity index (χ0v) is 9.90. The molecule has 0 aromatic carbocycles. The molecule has 2 heterocycles. The number of piperazine rings is 1. The van der Waals surface area contributed by atoms with Gasteiger partial charge in [-0.15, -0.1) is 0 Å². The second-order valence-corrected chi connectivity index (χ2v) is 5.23. The lowest BCUT2D eigenvalue weighted by Gasteiger charge is -2.36. The molecule has 0 aromatic heterocycles. The molecule has 0 unspecified atom stereocenters. The Morgan fingerprint density at radius 2 is 1.38 bits per heavy atom. The van der Waals surface area contributed by atoms with Crippen molar-refractivity contribution in [2.45, 2.75) is 31.7 Å². The molecule has 3 fully saturated rings. The first-order chi connectivity index (χ1) is 7.84. The third kappa shape index (κ3) is 2.03. The van der Waals surface area contributed by atoms with Gasteiger partial charge in [0.15, 0.2) is 0 Å². The highest BCUT2D eigenvalue weighted by Crippen LogP contribution is 2.27. The average molecular weight is 223 g/mol. The van der Waals surface area contributed by atoms with E-state index in [1.807, 2.05) is 9.80 Å². The number of carbonyl (C=O) groups is 1. The molecule has 16 heavy (non-hydrogen) atoms. The van der Waals surface area contributed by atoms with E-state index in [9.17, 15) is 4.79 Å². The average Bonchev–Trinajstić information content (AvgIpc) is 3.04. The van der Waals surface area contributed by atoms with Gasteiger partial charge in [0, 0.05) is 45.3 Å². The molecule has 1 saturated carbocycles. The van der Waals surface area contributed by atoms with Crippen LogP contribution in [0.5, 0.6) is 0 Å². The SMILES string of the molecule is O=C(N1CCCC1)N1CCN(C2CC2)CC1. The first-order valence-corrected chi connectivity index (χ1v) is 6.62. The van der Waals surface area contributed by atoms with Crippen molar-refractivity contribution in [1.82, 2.24) is 14.7 Å². The number of urea groups is 1. The van der Waals surface area contributed by atoms with Crippen molar-refractivity contribution in [3.8, 4) is 0 Å². The van der Waals surface area contributed by atoms with Crippen molar-refractivity contribution in [3.63, 3.8) is 0 Å². The molecular formula is C12H21N3O. The Labute approximate surface area is 97.2 Å². The Hall–Kier alpha value is -0.770. The van der Waals surface area contributed by atoms with Crippen molar-refractivity contribution < 1.29 is 4.79 Å². The maximum Gasteiger partial charge on any atom is 0.320 e. The maximum atomic E-state index is 12.1. The summed E-state index contributed by atoms with van der Waals surface area (Å²) in [5.74, 6) is 0. The van der Waals surface area contributed by atoms with Crippen molar-refractivity contribution in [2.75, 3.05) is 39.3 Å². The number of rotatable bonds is 1. The van der Waals surface area contributed by atoms with Crippen LogP contribution < -0.4 is 0 Å². The molecule has 3 aliphatic rings. The van der Waals surface area contributed by atoms with E-state index in [1.165, 1.54) is 25.7 Å². The molecule has 3 rings (SSSR count). The Kier molecular flexibility index (Phi) is 2.75. The van der Waals surface area contributed by atoms with Crippen LogP contribution >= 0.6 is 0 Å². The summed E-state index contributed by atoms with van der Waals surface area (Å²) in [6, 6.07) is 1.14. The second-order valence-electron chi connectivity index (χ2n) is 5.23. The fourth-order valence-electron chi connectivity index (χ4n) is 2.83. The maximum absolute atomic E-state index is 12.1. The summed E-state index contributed by atoms with van der Waals surface area (Å²) in [4.78, 5) is 18.7. The van der Waals surface area contributed by atoms with E-state index in [-0.39, 0.29) is 6.03 Å². The van der Waals surface area contributed by atoms with Gasteiger partial charge >= 0.3 is 6.03 Å². The van der Waals surface area contributed by atoms with Crippen LogP contribution in [0.4, 0.5) is 4.79 Å². The van der Waals surface area contributed by atoms with E-state index in [0.29, 0.717) is 0 Å². The summed E-state index contributed by atoms with van der Waals surface area (Å²) in [6.45, 7) is 6.00. The third-order valence-electron chi connectivity index (χ3n) is 4.02. The van der Waals surface area contributed by atoms with Crippen LogP contribution in [0.3, 0.4) is 0 Å². The first kappa shape index (κ1) is 10.4. The van der Waals surface area contributed by atoms with Crippen molar-refractivity contribution >= 4 is 6.03 Å². The zero-order valence-electron chi connectivity index (χ0n) is 9.90. The molecule has 2 aliphatic heterocycles. The van der Waals surface area contributed by atoms with Gasteiger partial charge in [-0.3, -0.25) is 4.90 Å². The predicted molar refractivity (Wildman–Crippen MR) is 62.4 cm³/mol. The van der Waals surface area contributed by atoms with Gasteiger partial charge in [0.1, 0.15) is 0 Å². The minimum Gasteiger partial charge on any atom is -0.325 e. The Morgan fingerprint density at radius 1 is 0.812 bits per heavy atom. The van der Waals surface area contributed by atoms with E-state index in [4.69, 9.17) is 0 Å². The minimum atomic E-state index is 0.285. The molecule has 0 atom stereocenters. The van der Waals surface area contributed by atoms with Gasteiger partial charge < -0.3 is 9.80 Å². The lowest BCUT2D eigenvalue weighted by atomic mass is 10.3. The molecule has 0 aromatic rings. The Morgan fingerprint density at radius 3 is 1.94 bits per heavy atom. The molecular weight excluding hydrogens is 202 g/mol. The smallest absolute Gasteiger partial charge is 0.320 e. The molecule has 2 amide bonds. The van der Waals surface area contributed by atoms with E-state index in [2.05, 4.69) is 4.90 Å². The molecule has 90 valence electrons. The number of carbonyl (C=O) groups excluding carboxylic acids is 1. The molecule has 0 N–H and O–H groups in total. The first-order valence-electron chi connectivity index (χ1n) is 6.62. The summed E-state index contributed by atoms with van der Waals surface area (Å²) in [5.41, 5.74) is 0. The molecule has 4 heteroatoms. The van der Waals surface area contributed by atoms with E-state index < -0.39 is 0 Å². The Balaban J connectivity index is 1.50. The van der Waals surface area contributed by atoms with Crippen molar-refractivity contribution in [1.29, 1.82) is 0 Å². The third-order valence-corrected chi connectivity index (χ3v) is 4.02. The normalized spacial score (nSPS) is 27.5. The number of hydrogen-bond acceptors (Lipinski definition) is 2. The quantitative estimate of drug-likeness (QED) is 0.662. The van der Waals surface area contributed by atoms with Gasteiger partial charge in [-0.05, 0) is 25.7 Å². The fraction of sp³-hybridized carbons (Fsp3) is 0.917. The highest BCUT2D eigenvalue weighted by Gasteiger charge is 2.33. The standard InChI is InChI=1S/C12H21N3O/c16-12(14-5-1-2-6-14)15-9-7-13(8-10-15)11-3-4-11/h11H,1-10H2. The van der Waals surface area contributed by atoms with E-state index >= 15 is 0 Å². The van der Waals surface area contributed by atoms with Crippen molar-refractivity contribution in [2.24, 2.45) is 0 Å². The zero-order chi connectivity index (χ0) is 11.0. The molecule has 4 nitrogen and oxygen atoms in total. The number of likely N-dealkylation sites (tertiary alicyclic amines) is 1. The monoisotopic (exact) mass is 223 g/mol. The number of amides is 2. The highest BCUT2D eigenvalue weighted by atomic mass is 16.2. The summed E-state index contributed by atoms with van der Waals surface area (Å²) >= 11 is 0. The van der Waals surface area contributed by atoms with Gasteiger partial charge in [-0.25, -0.2) is 4.79 Å².